The predicted molar refractivity (Wildman–Crippen MR) is 56.3 cm³/mol. The van der Waals surface area contributed by atoms with E-state index in [4.69, 9.17) is 9.94 Å². The molecule has 1 N–H and O–H groups in total. The zero-order chi connectivity index (χ0) is 10.4. The van der Waals surface area contributed by atoms with E-state index in [0.29, 0.717) is 5.92 Å². The van der Waals surface area contributed by atoms with Crippen LogP contribution >= 0.6 is 0 Å². The number of hydrogen-bond donors (Lipinski definition) is 1. The van der Waals surface area contributed by atoms with Crippen LogP contribution in [0, 0.1) is 5.92 Å². The first-order chi connectivity index (χ1) is 6.72. The van der Waals surface area contributed by atoms with Crippen LogP contribution in [-0.2, 0) is 4.84 Å². The molecule has 0 bridgehead atoms. The Kier molecular flexibility index (Phi) is 4.90. The zero-order valence-electron chi connectivity index (χ0n) is 9.02. The van der Waals surface area contributed by atoms with Crippen LogP contribution in [0.4, 0.5) is 0 Å². The molecule has 0 aliphatic carbocycles. The van der Waals surface area contributed by atoms with Gasteiger partial charge in [0.2, 0.25) is 0 Å². The Morgan fingerprint density at radius 2 is 2.43 bits per heavy atom. The molecule has 1 atom stereocenters. The number of likely N-dealkylation sites (tertiary alicyclic amines) is 1. The highest BCUT2D eigenvalue weighted by atomic mass is 16.6. The number of β-amino-alcohol motifs (C(OH)–C–C–N with tert-alkyl or cyclic N) is 1. The van der Waals surface area contributed by atoms with E-state index in [0.717, 1.165) is 26.1 Å². The summed E-state index contributed by atoms with van der Waals surface area (Å²) in [4.78, 5) is 7.53. The van der Waals surface area contributed by atoms with Crippen LogP contribution in [0.25, 0.3) is 0 Å². The lowest BCUT2D eigenvalue weighted by Gasteiger charge is -2.12. The fraction of sp³-hybridized carbons (Fsp3) is 0.900. The maximum absolute atomic E-state index is 8.75. The normalized spacial score (nSPS) is 23.9. The van der Waals surface area contributed by atoms with Crippen molar-refractivity contribution < 1.29 is 9.94 Å². The molecule has 0 amide bonds. The van der Waals surface area contributed by atoms with Crippen LogP contribution in [0.3, 0.4) is 0 Å². The van der Waals surface area contributed by atoms with Gasteiger partial charge in [0.05, 0.1) is 6.61 Å². The summed E-state index contributed by atoms with van der Waals surface area (Å²) >= 11 is 0. The predicted octanol–water partition coefficient (Wildman–Crippen LogP) is 0.711. The lowest BCUT2D eigenvalue weighted by Crippen LogP contribution is -2.25. The van der Waals surface area contributed by atoms with Crippen molar-refractivity contribution in [1.29, 1.82) is 0 Å². The minimum Gasteiger partial charge on any atom is -0.395 e. The van der Waals surface area contributed by atoms with E-state index in [-0.39, 0.29) is 12.7 Å². The molecule has 0 aromatic rings. The van der Waals surface area contributed by atoms with Gasteiger partial charge in [0.25, 0.3) is 0 Å². The molecule has 0 unspecified atom stereocenters. The van der Waals surface area contributed by atoms with Crippen molar-refractivity contribution in [1.82, 2.24) is 4.90 Å². The molecule has 4 heteroatoms. The summed E-state index contributed by atoms with van der Waals surface area (Å²) in [5.74, 6) is 0.435. The summed E-state index contributed by atoms with van der Waals surface area (Å²) in [6.45, 7) is 6.99. The lowest BCUT2D eigenvalue weighted by atomic mass is 10.3. The van der Waals surface area contributed by atoms with Crippen LogP contribution in [0.1, 0.15) is 20.3 Å². The lowest BCUT2D eigenvalue weighted by molar-refractivity contribution is 0.0638. The fourth-order valence-corrected chi connectivity index (χ4v) is 1.47. The monoisotopic (exact) mass is 200 g/mol. The third kappa shape index (κ3) is 4.07. The van der Waals surface area contributed by atoms with Gasteiger partial charge in [0.1, 0.15) is 6.10 Å². The highest BCUT2D eigenvalue weighted by molar-refractivity contribution is 5.58. The third-order valence-corrected chi connectivity index (χ3v) is 2.21. The molecular formula is C10H20N2O2. The molecule has 0 aromatic carbocycles. The van der Waals surface area contributed by atoms with Gasteiger partial charge < -0.3 is 9.94 Å². The quantitative estimate of drug-likeness (QED) is 0.525. The Balaban J connectivity index is 2.16. The minimum absolute atomic E-state index is 0.205. The van der Waals surface area contributed by atoms with Crippen molar-refractivity contribution in [3.63, 3.8) is 0 Å². The van der Waals surface area contributed by atoms with Crippen molar-refractivity contribution in [2.45, 2.75) is 26.4 Å². The first-order valence-corrected chi connectivity index (χ1v) is 5.25. The van der Waals surface area contributed by atoms with Gasteiger partial charge in [-0.2, -0.15) is 0 Å². The number of oxime groups is 1. The van der Waals surface area contributed by atoms with E-state index >= 15 is 0 Å². The second-order valence-electron chi connectivity index (χ2n) is 4.04. The first kappa shape index (κ1) is 11.5. The number of aliphatic hydroxyl groups is 1. The van der Waals surface area contributed by atoms with Crippen LogP contribution in [-0.4, -0.2) is 48.6 Å². The second kappa shape index (κ2) is 5.98. The van der Waals surface area contributed by atoms with E-state index in [9.17, 15) is 0 Å². The van der Waals surface area contributed by atoms with E-state index in [1.54, 1.807) is 0 Å². The van der Waals surface area contributed by atoms with E-state index in [1.807, 2.05) is 6.21 Å². The largest absolute Gasteiger partial charge is 0.395 e. The summed E-state index contributed by atoms with van der Waals surface area (Å²) in [6, 6.07) is 0. The van der Waals surface area contributed by atoms with Crippen LogP contribution < -0.4 is 0 Å². The van der Waals surface area contributed by atoms with Gasteiger partial charge in [-0.3, -0.25) is 4.90 Å². The van der Waals surface area contributed by atoms with Crippen LogP contribution in [0.5, 0.6) is 0 Å². The van der Waals surface area contributed by atoms with Crippen LogP contribution in [0.2, 0.25) is 0 Å². The van der Waals surface area contributed by atoms with Gasteiger partial charge in [-0.1, -0.05) is 19.0 Å². The SMILES string of the molecule is CC(C)/C=N/O[C@H]1CCN(CCO)C1. The fourth-order valence-electron chi connectivity index (χ4n) is 1.47. The van der Waals surface area contributed by atoms with Crippen molar-refractivity contribution in [2.75, 3.05) is 26.2 Å². The Bertz CT molecular complexity index is 183. The molecule has 0 radical (unpaired) electrons. The summed E-state index contributed by atoms with van der Waals surface area (Å²) in [5, 5.41) is 12.7. The average molecular weight is 200 g/mol. The molecule has 4 nitrogen and oxygen atoms in total. The molecule has 0 saturated carbocycles. The highest BCUT2D eigenvalue weighted by Crippen LogP contribution is 2.11. The van der Waals surface area contributed by atoms with Gasteiger partial charge in [-0.05, 0) is 5.92 Å². The van der Waals surface area contributed by atoms with Crippen molar-refractivity contribution in [3.8, 4) is 0 Å². The Hall–Kier alpha value is -0.610. The van der Waals surface area contributed by atoms with E-state index in [1.165, 1.54) is 0 Å². The molecule has 1 heterocycles. The smallest absolute Gasteiger partial charge is 0.141 e. The molecule has 14 heavy (non-hydrogen) atoms. The molecule has 82 valence electrons. The summed E-state index contributed by atoms with van der Waals surface area (Å²) in [7, 11) is 0. The molecule has 1 aliphatic heterocycles. The Labute approximate surface area is 85.5 Å². The van der Waals surface area contributed by atoms with Gasteiger partial charge in [0, 0.05) is 32.3 Å². The maximum atomic E-state index is 8.75. The molecule has 1 fully saturated rings. The van der Waals surface area contributed by atoms with Gasteiger partial charge >= 0.3 is 0 Å². The average Bonchev–Trinajstić information content (AvgIpc) is 2.53. The molecule has 1 aliphatic rings. The minimum atomic E-state index is 0.205. The number of nitrogens with zero attached hydrogens (tertiary/aromatic N) is 2. The van der Waals surface area contributed by atoms with Crippen LogP contribution in [0.15, 0.2) is 5.16 Å². The van der Waals surface area contributed by atoms with Crippen molar-refractivity contribution >= 4 is 6.21 Å². The number of hydrogen-bond acceptors (Lipinski definition) is 4. The molecule has 0 spiro atoms. The molecule has 1 rings (SSSR count). The van der Waals surface area contributed by atoms with Gasteiger partial charge in [0.15, 0.2) is 0 Å². The Morgan fingerprint density at radius 1 is 1.64 bits per heavy atom. The summed E-state index contributed by atoms with van der Waals surface area (Å²) in [5.41, 5.74) is 0. The molecule has 0 aromatic heterocycles. The van der Waals surface area contributed by atoms with Gasteiger partial charge in [-0.25, -0.2) is 0 Å². The number of aliphatic hydroxyl groups excluding tert-OH is 1. The topological polar surface area (TPSA) is 45.1 Å². The summed E-state index contributed by atoms with van der Waals surface area (Å²) in [6.07, 6.45) is 3.03. The molecular weight excluding hydrogens is 180 g/mol. The summed E-state index contributed by atoms with van der Waals surface area (Å²) < 4.78 is 0. The second-order valence-corrected chi connectivity index (χ2v) is 4.04. The Morgan fingerprint density at radius 3 is 3.07 bits per heavy atom. The first-order valence-electron chi connectivity index (χ1n) is 5.25. The van der Waals surface area contributed by atoms with E-state index < -0.39 is 0 Å². The van der Waals surface area contributed by atoms with Gasteiger partial charge in [-0.15, -0.1) is 0 Å². The third-order valence-electron chi connectivity index (χ3n) is 2.21. The molecule has 1 saturated heterocycles. The van der Waals surface area contributed by atoms with Crippen molar-refractivity contribution in [3.05, 3.63) is 0 Å². The number of rotatable bonds is 5. The standard InChI is InChI=1S/C10H20N2O2/c1-9(2)7-11-14-10-3-4-12(8-10)5-6-13/h7,9-10,13H,3-6,8H2,1-2H3/b11-7+/t10-/m0/s1. The van der Waals surface area contributed by atoms with E-state index in [2.05, 4.69) is 23.9 Å². The highest BCUT2D eigenvalue weighted by Gasteiger charge is 2.22. The van der Waals surface area contributed by atoms with Crippen molar-refractivity contribution in [2.24, 2.45) is 11.1 Å². The maximum Gasteiger partial charge on any atom is 0.141 e. The zero-order valence-corrected chi connectivity index (χ0v) is 9.02.